The lowest BCUT2D eigenvalue weighted by atomic mass is 10.2. The van der Waals surface area contributed by atoms with Gasteiger partial charge >= 0.3 is 6.43 Å². The number of nitrogens with one attached hydrogen (secondary N) is 2. The lowest BCUT2D eigenvalue weighted by molar-refractivity contribution is -0.132. The average Bonchev–Trinajstić information content (AvgIpc) is 3.12. The molecule has 16 heteroatoms. The third-order valence-corrected chi connectivity index (χ3v) is 5.24. The van der Waals surface area contributed by atoms with Crippen molar-refractivity contribution >= 4 is 28.4 Å². The topological polar surface area (TPSA) is 147 Å². The number of carbonyl (C=O) groups excluding carboxylic acids is 1. The van der Waals surface area contributed by atoms with Crippen molar-refractivity contribution in [2.45, 2.75) is 17.4 Å². The summed E-state index contributed by atoms with van der Waals surface area (Å²) < 4.78 is 71.6. The van der Waals surface area contributed by atoms with Gasteiger partial charge in [0.25, 0.3) is 5.91 Å². The van der Waals surface area contributed by atoms with Crippen molar-refractivity contribution < 1.29 is 47.7 Å². The van der Waals surface area contributed by atoms with E-state index in [0.29, 0.717) is 23.0 Å². The second-order valence-electron chi connectivity index (χ2n) is 7.21. The third kappa shape index (κ3) is 9.29. The summed E-state index contributed by atoms with van der Waals surface area (Å²) in [5, 5.41) is 21.7. The number of carbonyl (C=O) groups is 1. The van der Waals surface area contributed by atoms with E-state index in [4.69, 9.17) is 9.39 Å². The predicted molar refractivity (Wildman–Crippen MR) is 122 cm³/mol. The number of aromatic nitrogens is 1. The third-order valence-electron chi connectivity index (χ3n) is 4.59. The minimum absolute atomic E-state index is 0. The molecule has 0 saturated carbocycles. The second kappa shape index (κ2) is 14.6. The van der Waals surface area contributed by atoms with E-state index in [9.17, 15) is 36.9 Å². The average molecular weight is 542 g/mol. The van der Waals surface area contributed by atoms with E-state index in [1.807, 2.05) is 0 Å². The molecule has 1 aromatic heterocycles. The van der Waals surface area contributed by atoms with Crippen molar-refractivity contribution in [2.75, 3.05) is 49.3 Å². The molecule has 2 aromatic rings. The van der Waals surface area contributed by atoms with Crippen LogP contribution in [0.1, 0.15) is 1.43 Å². The Morgan fingerprint density at radius 2 is 2.03 bits per heavy atom. The maximum atomic E-state index is 14.4. The highest BCUT2D eigenvalue weighted by molar-refractivity contribution is 7.79. The smallest absolute Gasteiger partial charge is 0.315 e. The number of hydrogen-bond donors (Lipinski definition) is 5. The van der Waals surface area contributed by atoms with Crippen LogP contribution in [-0.4, -0.2) is 81.8 Å². The summed E-state index contributed by atoms with van der Waals surface area (Å²) in [5.74, 6) is -3.42. The molecule has 1 saturated heterocycles. The molecular weight excluding hydrogens is 514 g/mol. The Kier molecular flexibility index (Phi) is 11.9. The van der Waals surface area contributed by atoms with Crippen molar-refractivity contribution in [1.29, 1.82) is 0 Å². The molecule has 3 rings (SSSR count). The van der Waals surface area contributed by atoms with E-state index >= 15 is 0 Å². The van der Waals surface area contributed by atoms with Crippen LogP contribution in [0.4, 0.5) is 28.9 Å². The normalized spacial score (nSPS) is 15.4. The zero-order chi connectivity index (χ0) is 26.7. The first kappa shape index (κ1) is 29.3. The number of aliphatic hydroxyl groups is 1. The molecule has 1 unspecified atom stereocenters. The molecule has 1 fully saturated rings. The summed E-state index contributed by atoms with van der Waals surface area (Å²) in [4.78, 5) is 21.2. The van der Waals surface area contributed by atoms with Gasteiger partial charge in [-0.15, -0.1) is 0 Å². The minimum Gasteiger partial charge on any atom is -0.389 e. The molecule has 36 heavy (non-hydrogen) atoms. The number of aliphatic hydroxyl groups excluding tert-OH is 1. The monoisotopic (exact) mass is 541 g/mol. The first-order valence-corrected chi connectivity index (χ1v) is 11.5. The molecule has 202 valence electrons. The number of amides is 1. The lowest BCUT2D eigenvalue weighted by Crippen LogP contribution is -2.41. The fraction of sp³-hybridized carbons (Fsp3) is 0.400. The molecule has 1 aromatic carbocycles. The number of hydrogen-bond acceptors (Lipinski definition) is 9. The van der Waals surface area contributed by atoms with Crippen molar-refractivity contribution in [1.82, 2.24) is 15.8 Å². The number of nitrogens with zero attached hydrogens (tertiary/aromatic N) is 3. The van der Waals surface area contributed by atoms with Gasteiger partial charge < -0.3 is 19.9 Å². The molecule has 11 nitrogen and oxygen atoms in total. The molecule has 2 atom stereocenters. The van der Waals surface area contributed by atoms with Crippen LogP contribution in [-0.2, 0) is 20.7 Å². The predicted octanol–water partition coefficient (Wildman–Crippen LogP) is 1.15. The molecule has 0 aliphatic carbocycles. The van der Waals surface area contributed by atoms with Gasteiger partial charge in [0.1, 0.15) is 5.69 Å². The van der Waals surface area contributed by atoms with Crippen molar-refractivity contribution in [2.24, 2.45) is 0 Å². The van der Waals surface area contributed by atoms with Gasteiger partial charge in [-0.25, -0.2) is 18.5 Å². The van der Waals surface area contributed by atoms with Gasteiger partial charge in [0.05, 0.1) is 29.8 Å². The van der Waals surface area contributed by atoms with Crippen LogP contribution in [0.5, 0.6) is 0 Å². The molecule has 0 bridgehead atoms. The first-order chi connectivity index (χ1) is 17.1. The quantitative estimate of drug-likeness (QED) is 0.187. The first-order valence-electron chi connectivity index (χ1n) is 10.4. The maximum absolute atomic E-state index is 14.4. The van der Waals surface area contributed by atoms with Gasteiger partial charge in [-0.05, 0) is 12.1 Å². The highest BCUT2D eigenvalue weighted by Crippen LogP contribution is 2.28. The Morgan fingerprint density at radius 1 is 1.33 bits per heavy atom. The maximum Gasteiger partial charge on any atom is 0.315 e. The largest absolute Gasteiger partial charge is 0.389 e. The van der Waals surface area contributed by atoms with Crippen LogP contribution in [0.15, 0.2) is 41.6 Å². The summed E-state index contributed by atoms with van der Waals surface area (Å²) in [7, 11) is 0. The Morgan fingerprint density at radius 3 is 2.58 bits per heavy atom. The van der Waals surface area contributed by atoms with Gasteiger partial charge in [0.15, 0.2) is 22.7 Å². The van der Waals surface area contributed by atoms with Crippen molar-refractivity contribution in [3.05, 3.63) is 48.3 Å². The van der Waals surface area contributed by atoms with E-state index in [-0.39, 0.29) is 26.0 Å². The standard InChI is InChI=1S/C15H20F4N4O4.C5H5NO2S.H2/c16-11-5-9(23(26)8-10(24)7-20-15(25)14(18)19)6-12(17)13(11)22-2-1-21-27-4-3-22;7-9(8)5-2-1-3-6-4-5;/h5-6,10,14,21,24,26H,1-4,7-8H2,(H,20,25);1-4H,(H,7,8);1H/t10-;;/m0../s1. The molecule has 0 spiro atoms. The van der Waals surface area contributed by atoms with E-state index in [2.05, 4.69) is 10.5 Å². The number of benzene rings is 1. The van der Waals surface area contributed by atoms with Gasteiger partial charge in [-0.1, -0.05) is 0 Å². The van der Waals surface area contributed by atoms with Crippen LogP contribution in [0.25, 0.3) is 0 Å². The Balaban J connectivity index is 0.000000577. The Hall–Kier alpha value is -2.89. The van der Waals surface area contributed by atoms with Crippen molar-refractivity contribution in [3.63, 3.8) is 0 Å². The SMILES string of the molecule is O=C(NC[C@H](O)CN(O)c1cc(F)c(N2CCNOCC2)c(F)c1)C(F)F.O=S(O)c1cccnc1.[HH]. The van der Waals surface area contributed by atoms with Crippen LogP contribution >= 0.6 is 0 Å². The van der Waals surface area contributed by atoms with Crippen LogP contribution < -0.4 is 20.8 Å². The number of pyridine rings is 1. The van der Waals surface area contributed by atoms with E-state index in [1.165, 1.54) is 11.1 Å². The van der Waals surface area contributed by atoms with E-state index < -0.39 is 54.2 Å². The zero-order valence-corrected chi connectivity index (χ0v) is 19.5. The summed E-state index contributed by atoms with van der Waals surface area (Å²) >= 11 is -1.89. The minimum atomic E-state index is -3.24. The number of alkyl halides is 2. The Bertz CT molecular complexity index is 985. The van der Waals surface area contributed by atoms with Crippen molar-refractivity contribution in [3.8, 4) is 0 Å². The van der Waals surface area contributed by atoms with Crippen LogP contribution in [0.3, 0.4) is 0 Å². The molecule has 1 aliphatic rings. The van der Waals surface area contributed by atoms with E-state index in [0.717, 1.165) is 12.1 Å². The molecule has 0 radical (unpaired) electrons. The van der Waals surface area contributed by atoms with Gasteiger partial charge in [-0.3, -0.25) is 24.9 Å². The van der Waals surface area contributed by atoms with Crippen LogP contribution in [0, 0.1) is 11.6 Å². The zero-order valence-electron chi connectivity index (χ0n) is 18.7. The molecular formula is C20H27F4N5O6S. The Labute approximate surface area is 207 Å². The van der Waals surface area contributed by atoms with Gasteiger partial charge in [-0.2, -0.15) is 8.78 Å². The van der Waals surface area contributed by atoms with Gasteiger partial charge in [0.2, 0.25) is 0 Å². The summed E-state index contributed by atoms with van der Waals surface area (Å²) in [6.07, 6.45) is -1.78. The second-order valence-corrected chi connectivity index (χ2v) is 8.18. The highest BCUT2D eigenvalue weighted by atomic mass is 32.2. The highest BCUT2D eigenvalue weighted by Gasteiger charge is 2.22. The van der Waals surface area contributed by atoms with Gasteiger partial charge in [0, 0.05) is 52.1 Å². The number of hydroxylamine groups is 2. The van der Waals surface area contributed by atoms with Crippen LogP contribution in [0.2, 0.25) is 0 Å². The number of halogens is 4. The fourth-order valence-electron chi connectivity index (χ4n) is 2.93. The molecule has 5 N–H and O–H groups in total. The lowest BCUT2D eigenvalue weighted by Gasteiger charge is -2.25. The molecule has 2 heterocycles. The molecule has 1 amide bonds. The molecule has 1 aliphatic heterocycles. The summed E-state index contributed by atoms with van der Waals surface area (Å²) in [6.45, 7) is 0.0179. The fourth-order valence-corrected chi connectivity index (χ4v) is 3.28. The number of rotatable bonds is 8. The summed E-state index contributed by atoms with van der Waals surface area (Å²) in [5.41, 5.74) is 2.07. The van der Waals surface area contributed by atoms with E-state index in [1.54, 1.807) is 23.6 Å². The summed E-state index contributed by atoms with van der Waals surface area (Å²) in [6, 6.07) is 4.91. The number of anilines is 2.